The molecule has 2 aromatic rings. The van der Waals surface area contributed by atoms with Crippen molar-refractivity contribution in [2.45, 2.75) is 26.3 Å². The van der Waals surface area contributed by atoms with Crippen molar-refractivity contribution in [1.29, 1.82) is 0 Å². The van der Waals surface area contributed by atoms with Crippen molar-refractivity contribution in [3.05, 3.63) is 36.0 Å². The van der Waals surface area contributed by atoms with Gasteiger partial charge in [0.2, 0.25) is 5.91 Å². The first-order chi connectivity index (χ1) is 10.6. The van der Waals surface area contributed by atoms with Crippen LogP contribution in [0.15, 0.2) is 30.5 Å². The molecule has 0 bridgehead atoms. The van der Waals surface area contributed by atoms with Crippen LogP contribution in [-0.2, 0) is 9.53 Å². The Morgan fingerprint density at radius 1 is 1.32 bits per heavy atom. The van der Waals surface area contributed by atoms with E-state index in [9.17, 15) is 9.59 Å². The van der Waals surface area contributed by atoms with Crippen LogP contribution in [0, 0.1) is 0 Å². The maximum absolute atomic E-state index is 12.3. The van der Waals surface area contributed by atoms with Crippen molar-refractivity contribution < 1.29 is 14.3 Å². The Kier molecular flexibility index (Phi) is 5.33. The minimum atomic E-state index is -0.374. The van der Waals surface area contributed by atoms with Crippen molar-refractivity contribution in [1.82, 2.24) is 9.88 Å². The fraction of sp³-hybridized carbons (Fsp3) is 0.412. The summed E-state index contributed by atoms with van der Waals surface area (Å²) in [6.45, 7) is 4.58. The Balaban J connectivity index is 2.22. The molecular weight excluding hydrogens is 280 g/mol. The molecule has 1 aromatic carbocycles. The molecule has 22 heavy (non-hydrogen) atoms. The van der Waals surface area contributed by atoms with E-state index >= 15 is 0 Å². The molecule has 5 nitrogen and oxygen atoms in total. The summed E-state index contributed by atoms with van der Waals surface area (Å²) in [6.07, 6.45) is 2.55. The van der Waals surface area contributed by atoms with Gasteiger partial charge in [0.1, 0.15) is 6.04 Å². The first-order valence-corrected chi connectivity index (χ1v) is 7.43. The molecule has 1 N–H and O–H groups in total. The molecule has 5 heteroatoms. The summed E-state index contributed by atoms with van der Waals surface area (Å²) < 4.78 is 6.82. The molecule has 1 atom stereocenters. The van der Waals surface area contributed by atoms with E-state index in [-0.39, 0.29) is 17.7 Å². The van der Waals surface area contributed by atoms with E-state index in [0.717, 1.165) is 17.3 Å². The maximum atomic E-state index is 12.3. The molecule has 0 aliphatic heterocycles. The van der Waals surface area contributed by atoms with Crippen LogP contribution in [-0.4, -0.2) is 36.5 Å². The summed E-state index contributed by atoms with van der Waals surface area (Å²) in [6, 6.07) is 7.27. The molecule has 1 aromatic heterocycles. The number of ketones is 1. The number of Topliss-reactive ketones (excluding diaryl/α,β-unsaturated/α-hetero) is 1. The van der Waals surface area contributed by atoms with Gasteiger partial charge in [0.05, 0.1) is 0 Å². The number of hydrogen-bond acceptors (Lipinski definition) is 3. The zero-order chi connectivity index (χ0) is 16.1. The fourth-order valence-corrected chi connectivity index (χ4v) is 2.51. The molecule has 2 rings (SSSR count). The molecule has 1 amide bonds. The molecule has 0 aliphatic carbocycles. The Labute approximate surface area is 130 Å². The molecule has 0 radical (unpaired) electrons. The number of carbonyl (C=O) groups excluding carboxylic acids is 2. The van der Waals surface area contributed by atoms with Gasteiger partial charge in [-0.3, -0.25) is 9.59 Å². The first kappa shape index (κ1) is 16.2. The second-order valence-corrected chi connectivity index (χ2v) is 5.34. The largest absolute Gasteiger partial charge is 0.385 e. The van der Waals surface area contributed by atoms with E-state index in [2.05, 4.69) is 5.32 Å². The number of fused-ring (bicyclic) bond motifs is 1. The zero-order valence-corrected chi connectivity index (χ0v) is 13.3. The van der Waals surface area contributed by atoms with Crippen molar-refractivity contribution in [2.24, 2.45) is 0 Å². The molecule has 0 saturated carbocycles. The maximum Gasteiger partial charge on any atom is 0.242 e. The number of methoxy groups -OCH3 is 1. The van der Waals surface area contributed by atoms with Gasteiger partial charge in [-0.1, -0.05) is 18.2 Å². The predicted molar refractivity (Wildman–Crippen MR) is 86.2 cm³/mol. The fourth-order valence-electron chi connectivity index (χ4n) is 2.51. The van der Waals surface area contributed by atoms with Gasteiger partial charge in [-0.05, 0) is 26.3 Å². The second-order valence-electron chi connectivity index (χ2n) is 5.34. The number of nitrogens with one attached hydrogen (secondary N) is 1. The van der Waals surface area contributed by atoms with Crippen molar-refractivity contribution in [2.75, 3.05) is 20.3 Å². The van der Waals surface area contributed by atoms with E-state index in [0.29, 0.717) is 18.7 Å². The monoisotopic (exact) mass is 302 g/mol. The summed E-state index contributed by atoms with van der Waals surface area (Å²) in [7, 11) is 1.64. The van der Waals surface area contributed by atoms with E-state index in [1.54, 1.807) is 20.2 Å². The van der Waals surface area contributed by atoms with Crippen LogP contribution in [0.3, 0.4) is 0 Å². The van der Waals surface area contributed by atoms with Crippen molar-refractivity contribution in [3.63, 3.8) is 0 Å². The molecule has 0 spiro atoms. The minimum absolute atomic E-state index is 0.00246. The van der Waals surface area contributed by atoms with Crippen LogP contribution in [0.4, 0.5) is 0 Å². The van der Waals surface area contributed by atoms with Gasteiger partial charge in [0, 0.05) is 42.9 Å². The number of benzene rings is 1. The number of aromatic nitrogens is 1. The van der Waals surface area contributed by atoms with Gasteiger partial charge in [-0.25, -0.2) is 0 Å². The number of para-hydroxylation sites is 1. The SMILES string of the molecule is COCCCNC(=O)[C@@H](C)n1cc(C(C)=O)c2ccccc21. The third-order valence-corrected chi connectivity index (χ3v) is 3.74. The number of hydrogen-bond donors (Lipinski definition) is 1. The lowest BCUT2D eigenvalue weighted by Crippen LogP contribution is -2.31. The van der Waals surface area contributed by atoms with Gasteiger partial charge in [-0.15, -0.1) is 0 Å². The van der Waals surface area contributed by atoms with Crippen LogP contribution < -0.4 is 5.32 Å². The Morgan fingerprint density at radius 2 is 2.05 bits per heavy atom. The van der Waals surface area contributed by atoms with Crippen LogP contribution in [0.1, 0.15) is 36.7 Å². The zero-order valence-electron chi connectivity index (χ0n) is 13.3. The normalized spacial score (nSPS) is 12.3. The van der Waals surface area contributed by atoms with Crippen LogP contribution >= 0.6 is 0 Å². The highest BCUT2D eigenvalue weighted by Crippen LogP contribution is 2.25. The molecule has 118 valence electrons. The summed E-state index contributed by atoms with van der Waals surface area (Å²) in [5, 5.41) is 3.78. The van der Waals surface area contributed by atoms with Crippen LogP contribution in [0.25, 0.3) is 10.9 Å². The van der Waals surface area contributed by atoms with Gasteiger partial charge < -0.3 is 14.6 Å². The molecular formula is C17H22N2O3. The van der Waals surface area contributed by atoms with Crippen LogP contribution in [0.2, 0.25) is 0 Å². The molecule has 0 fully saturated rings. The second kappa shape index (κ2) is 7.22. The predicted octanol–water partition coefficient (Wildman–Crippen LogP) is 2.56. The number of carbonyl (C=O) groups is 2. The van der Waals surface area contributed by atoms with Crippen molar-refractivity contribution in [3.8, 4) is 0 Å². The van der Waals surface area contributed by atoms with E-state index in [4.69, 9.17) is 4.74 Å². The van der Waals surface area contributed by atoms with Gasteiger partial charge in [-0.2, -0.15) is 0 Å². The number of nitrogens with zero attached hydrogens (tertiary/aromatic N) is 1. The Bertz CT molecular complexity index is 676. The quantitative estimate of drug-likeness (QED) is 0.631. The van der Waals surface area contributed by atoms with E-state index in [1.165, 1.54) is 0 Å². The average molecular weight is 302 g/mol. The van der Waals surface area contributed by atoms with E-state index < -0.39 is 0 Å². The third-order valence-electron chi connectivity index (χ3n) is 3.74. The summed E-state index contributed by atoms with van der Waals surface area (Å²) >= 11 is 0. The van der Waals surface area contributed by atoms with E-state index in [1.807, 2.05) is 35.8 Å². The first-order valence-electron chi connectivity index (χ1n) is 7.43. The Morgan fingerprint density at radius 3 is 2.73 bits per heavy atom. The lowest BCUT2D eigenvalue weighted by atomic mass is 10.1. The minimum Gasteiger partial charge on any atom is -0.385 e. The third kappa shape index (κ3) is 3.36. The molecule has 0 unspecified atom stereocenters. The summed E-state index contributed by atoms with van der Waals surface area (Å²) in [5.41, 5.74) is 1.54. The van der Waals surface area contributed by atoms with Crippen LogP contribution in [0.5, 0.6) is 0 Å². The highest BCUT2D eigenvalue weighted by atomic mass is 16.5. The number of amides is 1. The smallest absolute Gasteiger partial charge is 0.242 e. The highest BCUT2D eigenvalue weighted by Gasteiger charge is 2.19. The molecule has 1 heterocycles. The van der Waals surface area contributed by atoms with Gasteiger partial charge >= 0.3 is 0 Å². The standard InChI is InChI=1S/C17H22N2O3/c1-12(17(21)18-9-6-10-22-3)19-11-15(13(2)20)14-7-4-5-8-16(14)19/h4-5,7-8,11-12H,6,9-10H2,1-3H3,(H,18,21)/t12-/m1/s1. The molecule has 0 saturated heterocycles. The number of rotatable bonds is 7. The lowest BCUT2D eigenvalue weighted by molar-refractivity contribution is -0.123. The average Bonchev–Trinajstić information content (AvgIpc) is 2.90. The summed E-state index contributed by atoms with van der Waals surface area (Å²) in [4.78, 5) is 24.1. The molecule has 0 aliphatic rings. The number of ether oxygens (including phenoxy) is 1. The van der Waals surface area contributed by atoms with Gasteiger partial charge in [0.15, 0.2) is 5.78 Å². The van der Waals surface area contributed by atoms with Crippen molar-refractivity contribution >= 4 is 22.6 Å². The highest BCUT2D eigenvalue weighted by molar-refractivity contribution is 6.07. The lowest BCUT2D eigenvalue weighted by Gasteiger charge is -2.15. The summed E-state index contributed by atoms with van der Waals surface area (Å²) in [5.74, 6) is -0.0605. The van der Waals surface area contributed by atoms with Gasteiger partial charge in [0.25, 0.3) is 0 Å². The Hall–Kier alpha value is -2.14. The topological polar surface area (TPSA) is 60.3 Å².